The van der Waals surface area contributed by atoms with Gasteiger partial charge in [-0.05, 0) is 24.3 Å². The van der Waals surface area contributed by atoms with Crippen molar-refractivity contribution in [2.45, 2.75) is 0 Å². The van der Waals surface area contributed by atoms with Crippen molar-refractivity contribution in [2.75, 3.05) is 7.11 Å². The molecule has 0 unspecified atom stereocenters. The Hall–Kier alpha value is -3.22. The van der Waals surface area contributed by atoms with E-state index in [-0.39, 0.29) is 16.8 Å². The predicted octanol–water partition coefficient (Wildman–Crippen LogP) is 3.67. The van der Waals surface area contributed by atoms with Crippen molar-refractivity contribution in [2.24, 2.45) is 0 Å². The minimum Gasteiger partial charge on any atom is -0.465 e. The van der Waals surface area contributed by atoms with E-state index in [9.17, 15) is 19.3 Å². The fourth-order valence-corrected chi connectivity index (χ4v) is 2.42. The Balaban J connectivity index is 2.24. The second kappa shape index (κ2) is 5.53. The number of aromatic amines is 1. The lowest BCUT2D eigenvalue weighted by Crippen LogP contribution is -2.02. The number of aromatic nitrogens is 1. The normalized spacial score (nSPS) is 10.7. The van der Waals surface area contributed by atoms with Crippen molar-refractivity contribution < 1.29 is 18.8 Å². The quantitative estimate of drug-likeness (QED) is 0.454. The van der Waals surface area contributed by atoms with Crippen molar-refractivity contribution >= 4 is 22.6 Å². The number of fused-ring (bicyclic) bond motifs is 1. The average Bonchev–Trinajstić information content (AvgIpc) is 2.96. The van der Waals surface area contributed by atoms with Gasteiger partial charge in [-0.1, -0.05) is 12.1 Å². The van der Waals surface area contributed by atoms with Crippen LogP contribution >= 0.6 is 0 Å². The van der Waals surface area contributed by atoms with Crippen LogP contribution in [0.4, 0.5) is 10.1 Å². The summed E-state index contributed by atoms with van der Waals surface area (Å²) in [4.78, 5) is 25.2. The number of carbonyl (C=O) groups excluding carboxylic acids is 1. The maximum atomic E-state index is 13.3. The van der Waals surface area contributed by atoms with E-state index in [1.807, 2.05) is 0 Å². The lowest BCUT2D eigenvalue weighted by molar-refractivity contribution is -0.383. The minimum atomic E-state index is -0.663. The zero-order chi connectivity index (χ0) is 16.6. The first kappa shape index (κ1) is 14.7. The van der Waals surface area contributed by atoms with E-state index in [0.29, 0.717) is 16.6 Å². The van der Waals surface area contributed by atoms with Crippen LogP contribution in [0, 0.1) is 15.9 Å². The SMILES string of the molecule is COC(=O)c1cc([N+](=O)[O-])c2[nH]c(-c3cccc(F)c3)cc2c1. The fourth-order valence-electron chi connectivity index (χ4n) is 2.42. The van der Waals surface area contributed by atoms with E-state index in [1.54, 1.807) is 18.2 Å². The molecule has 0 radical (unpaired) electrons. The summed E-state index contributed by atoms with van der Waals surface area (Å²) in [6.45, 7) is 0. The molecule has 3 rings (SSSR count). The number of ether oxygens (including phenoxy) is 1. The zero-order valence-electron chi connectivity index (χ0n) is 12.0. The highest BCUT2D eigenvalue weighted by atomic mass is 19.1. The molecule has 0 aliphatic carbocycles. The van der Waals surface area contributed by atoms with Gasteiger partial charge in [0, 0.05) is 22.7 Å². The molecule has 3 aromatic rings. The molecule has 1 aromatic heterocycles. The molecule has 23 heavy (non-hydrogen) atoms. The Labute approximate surface area is 129 Å². The van der Waals surface area contributed by atoms with Gasteiger partial charge in [0.05, 0.1) is 17.6 Å². The van der Waals surface area contributed by atoms with Crippen LogP contribution in [0.15, 0.2) is 42.5 Å². The highest BCUT2D eigenvalue weighted by molar-refractivity contribution is 6.00. The molecule has 7 heteroatoms. The highest BCUT2D eigenvalue weighted by Gasteiger charge is 2.20. The number of rotatable bonds is 3. The van der Waals surface area contributed by atoms with E-state index in [0.717, 1.165) is 6.07 Å². The van der Waals surface area contributed by atoms with Crippen LogP contribution in [0.1, 0.15) is 10.4 Å². The predicted molar refractivity (Wildman–Crippen MR) is 81.7 cm³/mol. The number of H-pyrrole nitrogens is 1. The molecule has 0 fully saturated rings. The van der Waals surface area contributed by atoms with Gasteiger partial charge in [0.15, 0.2) is 0 Å². The first-order valence-electron chi connectivity index (χ1n) is 6.65. The molecule has 0 bridgehead atoms. The number of nitro benzene ring substituents is 1. The maximum absolute atomic E-state index is 13.3. The van der Waals surface area contributed by atoms with Gasteiger partial charge < -0.3 is 9.72 Å². The van der Waals surface area contributed by atoms with Crippen LogP contribution in [0.2, 0.25) is 0 Å². The highest BCUT2D eigenvalue weighted by Crippen LogP contribution is 2.31. The van der Waals surface area contributed by atoms with Gasteiger partial charge in [-0.15, -0.1) is 0 Å². The van der Waals surface area contributed by atoms with Crippen molar-refractivity contribution in [3.63, 3.8) is 0 Å². The average molecular weight is 314 g/mol. The summed E-state index contributed by atoms with van der Waals surface area (Å²) >= 11 is 0. The minimum absolute atomic E-state index is 0.0801. The number of nitro groups is 1. The first-order valence-corrected chi connectivity index (χ1v) is 6.65. The molecular formula is C16H11FN2O4. The van der Waals surface area contributed by atoms with Crippen LogP contribution < -0.4 is 0 Å². The standard InChI is InChI=1S/C16H11FN2O4/c1-23-16(20)11-5-10-7-13(9-3-2-4-12(17)6-9)18-15(10)14(8-11)19(21)22/h2-8,18H,1H3. The topological polar surface area (TPSA) is 85.2 Å². The zero-order valence-corrected chi connectivity index (χ0v) is 12.0. The summed E-state index contributed by atoms with van der Waals surface area (Å²) in [5.74, 6) is -1.07. The molecule has 0 spiro atoms. The molecule has 0 aliphatic rings. The molecule has 0 atom stereocenters. The number of nitrogens with one attached hydrogen (secondary N) is 1. The van der Waals surface area contributed by atoms with Crippen molar-refractivity contribution in [1.29, 1.82) is 0 Å². The van der Waals surface area contributed by atoms with E-state index in [4.69, 9.17) is 0 Å². The number of esters is 1. The number of hydrogen-bond donors (Lipinski definition) is 1. The first-order chi connectivity index (χ1) is 11.0. The Morgan fingerprint density at radius 3 is 2.70 bits per heavy atom. The summed E-state index contributed by atoms with van der Waals surface area (Å²) in [6, 6.07) is 10.1. The maximum Gasteiger partial charge on any atom is 0.338 e. The van der Waals surface area contributed by atoms with Crippen molar-refractivity contribution in [3.05, 3.63) is 64.0 Å². The van der Waals surface area contributed by atoms with Crippen LogP contribution in [-0.4, -0.2) is 23.0 Å². The van der Waals surface area contributed by atoms with Gasteiger partial charge in [-0.2, -0.15) is 0 Å². The molecule has 1 heterocycles. The van der Waals surface area contributed by atoms with Crippen LogP contribution in [0.5, 0.6) is 0 Å². The largest absolute Gasteiger partial charge is 0.465 e. The summed E-state index contributed by atoms with van der Waals surface area (Å²) in [5, 5.41) is 11.7. The van der Waals surface area contributed by atoms with Gasteiger partial charge >= 0.3 is 5.97 Å². The van der Waals surface area contributed by atoms with Gasteiger partial charge in [-0.3, -0.25) is 10.1 Å². The van der Waals surface area contributed by atoms with E-state index in [1.165, 1.54) is 25.3 Å². The number of hydrogen-bond acceptors (Lipinski definition) is 4. The summed E-state index contributed by atoms with van der Waals surface area (Å²) in [6.07, 6.45) is 0. The van der Waals surface area contributed by atoms with Gasteiger partial charge in [0.2, 0.25) is 0 Å². The van der Waals surface area contributed by atoms with Gasteiger partial charge in [0.25, 0.3) is 5.69 Å². The Bertz CT molecular complexity index is 933. The van der Waals surface area contributed by atoms with E-state index >= 15 is 0 Å². The molecule has 0 saturated carbocycles. The molecule has 116 valence electrons. The molecule has 0 amide bonds. The van der Waals surface area contributed by atoms with E-state index in [2.05, 4.69) is 9.72 Å². The van der Waals surface area contributed by atoms with Crippen LogP contribution in [0.25, 0.3) is 22.2 Å². The Morgan fingerprint density at radius 2 is 2.04 bits per heavy atom. The summed E-state index contributed by atoms with van der Waals surface area (Å²) in [7, 11) is 1.20. The number of nitrogens with zero attached hydrogens (tertiary/aromatic N) is 1. The molecule has 6 nitrogen and oxygen atoms in total. The lowest BCUT2D eigenvalue weighted by Gasteiger charge is -2.00. The van der Waals surface area contributed by atoms with Gasteiger partial charge in [0.1, 0.15) is 11.3 Å². The third kappa shape index (κ3) is 2.64. The second-order valence-electron chi connectivity index (χ2n) is 4.90. The number of non-ortho nitro benzene ring substituents is 1. The lowest BCUT2D eigenvalue weighted by atomic mass is 10.1. The van der Waals surface area contributed by atoms with E-state index < -0.39 is 16.7 Å². The fraction of sp³-hybridized carbons (Fsp3) is 0.0625. The Kier molecular flexibility index (Phi) is 3.53. The molecule has 0 aliphatic heterocycles. The monoisotopic (exact) mass is 314 g/mol. The summed E-state index contributed by atoms with van der Waals surface area (Å²) in [5.41, 5.74) is 1.17. The number of methoxy groups -OCH3 is 1. The van der Waals surface area contributed by atoms with Crippen molar-refractivity contribution in [3.8, 4) is 11.3 Å². The molecular weight excluding hydrogens is 303 g/mol. The third-order valence-electron chi connectivity index (χ3n) is 3.46. The van der Waals surface area contributed by atoms with Crippen LogP contribution in [0.3, 0.4) is 0 Å². The third-order valence-corrected chi connectivity index (χ3v) is 3.46. The van der Waals surface area contributed by atoms with Crippen molar-refractivity contribution in [1.82, 2.24) is 4.98 Å². The molecule has 2 aromatic carbocycles. The van der Waals surface area contributed by atoms with Gasteiger partial charge in [-0.25, -0.2) is 9.18 Å². The number of carbonyl (C=O) groups is 1. The second-order valence-corrected chi connectivity index (χ2v) is 4.90. The molecule has 0 saturated heterocycles. The Morgan fingerprint density at radius 1 is 1.26 bits per heavy atom. The van der Waals surface area contributed by atoms with Crippen LogP contribution in [-0.2, 0) is 4.74 Å². The molecule has 1 N–H and O–H groups in total. The smallest absolute Gasteiger partial charge is 0.338 e. The summed E-state index contributed by atoms with van der Waals surface area (Å²) < 4.78 is 18.0. The number of benzene rings is 2. The number of halogens is 1.